The van der Waals surface area contributed by atoms with Gasteiger partial charge < -0.3 is 0 Å². The minimum atomic E-state index is -3.80. The molecule has 6 nitrogen and oxygen atoms in total. The lowest BCUT2D eigenvalue weighted by Gasteiger charge is -2.15. The molecule has 8 heteroatoms. The molecular formula is C25H23ClN4O2S. The summed E-state index contributed by atoms with van der Waals surface area (Å²) < 4.78 is 30.7. The minimum absolute atomic E-state index is 0.183. The molecule has 0 bridgehead atoms. The van der Waals surface area contributed by atoms with Crippen molar-refractivity contribution in [2.75, 3.05) is 0 Å². The van der Waals surface area contributed by atoms with Gasteiger partial charge in [0.1, 0.15) is 17.6 Å². The fourth-order valence-corrected chi connectivity index (χ4v) is 4.67. The lowest BCUT2D eigenvalue weighted by molar-refractivity contribution is 0.535. The quantitative estimate of drug-likeness (QED) is 0.392. The number of aromatic nitrogens is 3. The van der Waals surface area contributed by atoms with Crippen molar-refractivity contribution in [3.05, 3.63) is 88.9 Å². The van der Waals surface area contributed by atoms with Gasteiger partial charge in [-0.25, -0.2) is 13.1 Å². The van der Waals surface area contributed by atoms with Crippen LogP contribution in [-0.2, 0) is 10.0 Å². The molecule has 2 atom stereocenters. The van der Waals surface area contributed by atoms with E-state index in [2.05, 4.69) is 26.9 Å². The third-order valence-corrected chi connectivity index (χ3v) is 6.95. The molecule has 0 saturated carbocycles. The number of hydrogen-bond acceptors (Lipinski definition) is 4. The van der Waals surface area contributed by atoms with Crippen LogP contribution in [0.1, 0.15) is 36.6 Å². The van der Waals surface area contributed by atoms with E-state index in [9.17, 15) is 8.42 Å². The Hall–Kier alpha value is -3.18. The van der Waals surface area contributed by atoms with Crippen molar-refractivity contribution in [1.29, 1.82) is 0 Å². The Morgan fingerprint density at radius 1 is 1.00 bits per heavy atom. The summed E-state index contributed by atoms with van der Waals surface area (Å²) in [5.74, 6) is 6.34. The van der Waals surface area contributed by atoms with Crippen LogP contribution in [0.4, 0.5) is 0 Å². The Labute approximate surface area is 198 Å². The predicted molar refractivity (Wildman–Crippen MR) is 130 cm³/mol. The molecule has 1 N–H and O–H groups in total. The van der Waals surface area contributed by atoms with Crippen LogP contribution in [0.3, 0.4) is 0 Å². The molecule has 1 heterocycles. The highest BCUT2D eigenvalue weighted by Crippen LogP contribution is 2.22. The summed E-state index contributed by atoms with van der Waals surface area (Å²) in [5.41, 5.74) is 3.34. The van der Waals surface area contributed by atoms with E-state index < -0.39 is 16.1 Å². The highest BCUT2D eigenvalue weighted by molar-refractivity contribution is 7.89. The molecule has 0 fully saturated rings. The zero-order valence-electron chi connectivity index (χ0n) is 18.2. The number of benzene rings is 3. The van der Waals surface area contributed by atoms with Crippen LogP contribution in [0, 0.1) is 18.8 Å². The van der Waals surface area contributed by atoms with E-state index >= 15 is 0 Å². The number of nitrogens with zero attached hydrogens (tertiary/aromatic N) is 3. The Morgan fingerprint density at radius 3 is 2.39 bits per heavy atom. The number of rotatable bonds is 6. The lowest BCUT2D eigenvalue weighted by atomic mass is 10.1. The SMILES string of the molecule is CCC(C#CC(NS(=O)(=O)c1ccc(C)cc1)c1ccc(Cl)cc1)n1nnc2ccccc21. The maximum Gasteiger partial charge on any atom is 0.241 e. The second kappa shape index (κ2) is 9.75. The van der Waals surface area contributed by atoms with E-state index in [4.69, 9.17) is 11.6 Å². The number of hydrogen-bond donors (Lipinski definition) is 1. The van der Waals surface area contributed by atoms with Crippen LogP contribution < -0.4 is 4.72 Å². The van der Waals surface area contributed by atoms with Crippen LogP contribution in [0.2, 0.25) is 5.02 Å². The fourth-order valence-electron chi connectivity index (χ4n) is 3.41. The van der Waals surface area contributed by atoms with E-state index in [-0.39, 0.29) is 10.9 Å². The van der Waals surface area contributed by atoms with E-state index in [0.29, 0.717) is 17.0 Å². The zero-order chi connectivity index (χ0) is 23.4. The van der Waals surface area contributed by atoms with E-state index in [0.717, 1.165) is 16.6 Å². The number of aryl methyl sites for hydroxylation is 1. The van der Waals surface area contributed by atoms with Crippen molar-refractivity contribution in [3.8, 4) is 11.8 Å². The first-order valence-corrected chi connectivity index (χ1v) is 12.4. The largest absolute Gasteiger partial charge is 0.241 e. The summed E-state index contributed by atoms with van der Waals surface area (Å²) >= 11 is 6.04. The second-order valence-corrected chi connectivity index (χ2v) is 9.80. The number of sulfonamides is 1. The topological polar surface area (TPSA) is 76.9 Å². The molecular weight excluding hydrogens is 456 g/mol. The third-order valence-electron chi connectivity index (χ3n) is 5.26. The Balaban J connectivity index is 1.70. The van der Waals surface area contributed by atoms with Gasteiger partial charge in [-0.3, -0.25) is 0 Å². The molecule has 0 aliphatic rings. The summed E-state index contributed by atoms with van der Waals surface area (Å²) in [6.45, 7) is 3.91. The molecule has 1 aromatic heterocycles. The number of para-hydroxylation sites is 1. The van der Waals surface area contributed by atoms with Crippen molar-refractivity contribution < 1.29 is 8.42 Å². The van der Waals surface area contributed by atoms with E-state index in [1.807, 2.05) is 38.1 Å². The molecule has 4 rings (SSSR count). The molecule has 2 unspecified atom stereocenters. The van der Waals surface area contributed by atoms with Crippen molar-refractivity contribution in [2.24, 2.45) is 0 Å². The van der Waals surface area contributed by atoms with E-state index in [1.54, 1.807) is 53.2 Å². The lowest BCUT2D eigenvalue weighted by Crippen LogP contribution is -2.28. The Kier molecular flexibility index (Phi) is 6.80. The van der Waals surface area contributed by atoms with Crippen LogP contribution in [-0.4, -0.2) is 23.4 Å². The summed E-state index contributed by atoms with van der Waals surface area (Å²) in [6.07, 6.45) is 0.679. The maximum atomic E-state index is 13.1. The van der Waals surface area contributed by atoms with Gasteiger partial charge in [0, 0.05) is 5.02 Å². The normalized spacial score (nSPS) is 13.3. The minimum Gasteiger partial charge on any atom is -0.230 e. The van der Waals surface area contributed by atoms with Gasteiger partial charge in [0.15, 0.2) is 0 Å². The van der Waals surface area contributed by atoms with Crippen molar-refractivity contribution in [2.45, 2.75) is 37.2 Å². The van der Waals surface area contributed by atoms with Gasteiger partial charge in [0.25, 0.3) is 0 Å². The van der Waals surface area contributed by atoms with Crippen LogP contribution in [0.5, 0.6) is 0 Å². The summed E-state index contributed by atoms with van der Waals surface area (Å²) in [4.78, 5) is 0.183. The van der Waals surface area contributed by atoms with Gasteiger partial charge in [0.05, 0.1) is 10.4 Å². The molecule has 0 aliphatic carbocycles. The average Bonchev–Trinajstić information content (AvgIpc) is 3.24. The molecule has 0 radical (unpaired) electrons. The van der Waals surface area contributed by atoms with Crippen molar-refractivity contribution >= 4 is 32.7 Å². The first-order valence-electron chi connectivity index (χ1n) is 10.5. The first-order chi connectivity index (χ1) is 15.9. The van der Waals surface area contributed by atoms with Crippen molar-refractivity contribution in [3.63, 3.8) is 0 Å². The fraction of sp³-hybridized carbons (Fsp3) is 0.200. The van der Waals surface area contributed by atoms with Gasteiger partial charge in [0.2, 0.25) is 10.0 Å². The van der Waals surface area contributed by atoms with Crippen LogP contribution in [0.25, 0.3) is 11.0 Å². The highest BCUT2D eigenvalue weighted by atomic mass is 35.5. The second-order valence-electron chi connectivity index (χ2n) is 7.65. The monoisotopic (exact) mass is 478 g/mol. The predicted octanol–water partition coefficient (Wildman–Crippen LogP) is 5.07. The van der Waals surface area contributed by atoms with Gasteiger partial charge in [-0.15, -0.1) is 5.10 Å². The Bertz CT molecular complexity index is 1420. The van der Waals surface area contributed by atoms with E-state index in [1.165, 1.54) is 0 Å². The third kappa shape index (κ3) is 5.25. The highest BCUT2D eigenvalue weighted by Gasteiger charge is 2.21. The number of nitrogens with one attached hydrogen (secondary N) is 1. The van der Waals surface area contributed by atoms with Crippen LogP contribution >= 0.6 is 11.6 Å². The molecule has 0 aliphatic heterocycles. The Morgan fingerprint density at radius 2 is 1.70 bits per heavy atom. The molecule has 0 saturated heterocycles. The summed E-state index contributed by atoms with van der Waals surface area (Å²) in [5, 5.41) is 9.04. The molecule has 4 aromatic rings. The first kappa shape index (κ1) is 23.0. The molecule has 0 amide bonds. The van der Waals surface area contributed by atoms with Crippen LogP contribution in [0.15, 0.2) is 77.7 Å². The molecule has 3 aromatic carbocycles. The zero-order valence-corrected chi connectivity index (χ0v) is 19.8. The summed E-state index contributed by atoms with van der Waals surface area (Å²) in [7, 11) is -3.80. The van der Waals surface area contributed by atoms with Gasteiger partial charge >= 0.3 is 0 Å². The number of halogens is 1. The maximum absolute atomic E-state index is 13.1. The van der Waals surface area contributed by atoms with Gasteiger partial charge in [-0.2, -0.15) is 4.72 Å². The molecule has 33 heavy (non-hydrogen) atoms. The summed E-state index contributed by atoms with van der Waals surface area (Å²) in [6, 6.07) is 20.3. The number of fused-ring (bicyclic) bond motifs is 1. The van der Waals surface area contributed by atoms with Crippen molar-refractivity contribution in [1.82, 2.24) is 19.7 Å². The molecule has 168 valence electrons. The molecule has 0 spiro atoms. The standard InChI is InChI=1S/C25H23ClN4O2S/c1-3-21(30-25-7-5-4-6-24(25)27-29-30)14-17-23(19-10-12-20(26)13-11-19)28-33(31,32)22-15-8-18(2)9-16-22/h4-13,15-16,21,23,28H,3H2,1-2H3. The smallest absolute Gasteiger partial charge is 0.230 e. The van der Waals surface area contributed by atoms with Gasteiger partial charge in [-0.1, -0.05) is 77.5 Å². The van der Waals surface area contributed by atoms with Gasteiger partial charge in [-0.05, 0) is 55.3 Å². The average molecular weight is 479 g/mol.